The van der Waals surface area contributed by atoms with E-state index in [2.05, 4.69) is 16.0 Å². The highest BCUT2D eigenvalue weighted by Gasteiger charge is 2.42. The van der Waals surface area contributed by atoms with E-state index >= 15 is 0 Å². The van der Waals surface area contributed by atoms with Crippen molar-refractivity contribution >= 4 is 29.7 Å². The Morgan fingerprint density at radius 1 is 1.17 bits per heavy atom. The number of carbonyl (C=O) groups is 3. The van der Waals surface area contributed by atoms with Crippen LogP contribution < -0.4 is 16.0 Å². The number of urea groups is 1. The highest BCUT2D eigenvalue weighted by atomic mass is 32.2. The Kier molecular flexibility index (Phi) is 8.85. The molecule has 2 heterocycles. The van der Waals surface area contributed by atoms with Crippen molar-refractivity contribution in [3.63, 3.8) is 0 Å². The fourth-order valence-electron chi connectivity index (χ4n) is 3.82. The summed E-state index contributed by atoms with van der Waals surface area (Å²) < 4.78 is 5.74. The number of rotatable bonds is 13. The van der Waals surface area contributed by atoms with Gasteiger partial charge >= 0.3 is 12.0 Å². The molecule has 0 aromatic rings. The maximum atomic E-state index is 12.2. The first kappa shape index (κ1) is 24.8. The number of ether oxygens (including phenoxy) is 1. The SMILES string of the molecule is CC(C)(CNC(=O)CCCCC1SCC2NC(=O)NC21)COCC(C)(C)CC(=O)O. The molecule has 8 nitrogen and oxygen atoms in total. The first-order chi connectivity index (χ1) is 14.0. The van der Waals surface area contributed by atoms with E-state index in [4.69, 9.17) is 9.84 Å². The molecule has 0 radical (unpaired) electrons. The van der Waals surface area contributed by atoms with Gasteiger partial charge in [0.15, 0.2) is 0 Å². The van der Waals surface area contributed by atoms with E-state index in [1.54, 1.807) is 0 Å². The number of unbranched alkanes of at least 4 members (excludes halogenated alkanes) is 1. The van der Waals surface area contributed by atoms with E-state index in [0.717, 1.165) is 25.0 Å². The van der Waals surface area contributed by atoms with Gasteiger partial charge in [-0.2, -0.15) is 11.8 Å². The van der Waals surface area contributed by atoms with Gasteiger partial charge in [0.1, 0.15) is 0 Å². The summed E-state index contributed by atoms with van der Waals surface area (Å²) in [5.41, 5.74) is -0.641. The number of hydrogen-bond donors (Lipinski definition) is 4. The van der Waals surface area contributed by atoms with E-state index in [-0.39, 0.29) is 35.9 Å². The Hall–Kier alpha value is -1.48. The summed E-state index contributed by atoms with van der Waals surface area (Å²) in [7, 11) is 0. The van der Waals surface area contributed by atoms with E-state index < -0.39 is 11.4 Å². The molecule has 0 bridgehead atoms. The van der Waals surface area contributed by atoms with E-state index in [1.165, 1.54) is 0 Å². The highest BCUT2D eigenvalue weighted by molar-refractivity contribution is 8.00. The highest BCUT2D eigenvalue weighted by Crippen LogP contribution is 2.33. The predicted octanol–water partition coefficient (Wildman–Crippen LogP) is 2.37. The zero-order valence-corrected chi connectivity index (χ0v) is 19.4. The summed E-state index contributed by atoms with van der Waals surface area (Å²) in [6.07, 6.45) is 3.37. The van der Waals surface area contributed by atoms with Crippen molar-refractivity contribution in [3.05, 3.63) is 0 Å². The molecule has 0 aliphatic carbocycles. The standard InChI is InChI=1S/C21H37N3O5S/c1-20(2,9-17(26)27)12-29-13-21(3,4)11-22-16(25)8-6-5-7-15-18-14(10-30-15)23-19(28)24-18/h14-15,18H,5-13H2,1-4H3,(H,22,25)(H,26,27)(H2,23,24,28). The maximum Gasteiger partial charge on any atom is 0.315 e. The number of amides is 3. The van der Waals surface area contributed by atoms with Crippen molar-refractivity contribution in [2.75, 3.05) is 25.5 Å². The van der Waals surface area contributed by atoms with Crippen molar-refractivity contribution < 1.29 is 24.2 Å². The number of carboxylic acid groups (broad SMARTS) is 1. The lowest BCUT2D eigenvalue weighted by atomic mass is 9.90. The van der Waals surface area contributed by atoms with Crippen LogP contribution in [-0.4, -0.2) is 65.9 Å². The molecule has 9 heteroatoms. The van der Waals surface area contributed by atoms with Gasteiger partial charge in [0, 0.05) is 29.4 Å². The van der Waals surface area contributed by atoms with Gasteiger partial charge in [0.05, 0.1) is 31.7 Å². The van der Waals surface area contributed by atoms with Crippen molar-refractivity contribution in [2.45, 2.75) is 77.1 Å². The minimum atomic E-state index is -0.828. The smallest absolute Gasteiger partial charge is 0.315 e. The van der Waals surface area contributed by atoms with Crippen molar-refractivity contribution in [2.24, 2.45) is 10.8 Å². The Bertz CT molecular complexity index is 626. The molecule has 0 saturated carbocycles. The lowest BCUT2D eigenvalue weighted by Crippen LogP contribution is -2.37. The Balaban J connectivity index is 1.56. The molecule has 2 aliphatic heterocycles. The van der Waals surface area contributed by atoms with Crippen LogP contribution >= 0.6 is 11.8 Å². The lowest BCUT2D eigenvalue weighted by molar-refractivity contribution is -0.140. The van der Waals surface area contributed by atoms with Crippen LogP contribution in [0, 0.1) is 10.8 Å². The van der Waals surface area contributed by atoms with Gasteiger partial charge in [-0.1, -0.05) is 34.1 Å². The van der Waals surface area contributed by atoms with Crippen LogP contribution in [0.25, 0.3) is 0 Å². The van der Waals surface area contributed by atoms with Crippen LogP contribution in [0.4, 0.5) is 4.79 Å². The van der Waals surface area contributed by atoms with E-state index in [9.17, 15) is 14.4 Å². The van der Waals surface area contributed by atoms with E-state index in [1.807, 2.05) is 39.5 Å². The second kappa shape index (κ2) is 10.7. The summed E-state index contributed by atoms with van der Waals surface area (Å²) in [5, 5.41) is 18.3. The molecule has 3 unspecified atom stereocenters. The molecule has 172 valence electrons. The zero-order chi connectivity index (χ0) is 22.4. The third kappa shape index (κ3) is 8.34. The summed E-state index contributed by atoms with van der Waals surface area (Å²) >= 11 is 1.90. The number of carbonyl (C=O) groups excluding carboxylic acids is 2. The van der Waals surface area contributed by atoms with Crippen LogP contribution in [0.2, 0.25) is 0 Å². The molecule has 3 atom stereocenters. The molecular weight excluding hydrogens is 406 g/mol. The Labute approximate surface area is 183 Å². The Morgan fingerprint density at radius 2 is 1.87 bits per heavy atom. The molecule has 2 aliphatic rings. The molecule has 3 amide bonds. The maximum absolute atomic E-state index is 12.2. The van der Waals surface area contributed by atoms with Gasteiger partial charge in [-0.3, -0.25) is 9.59 Å². The molecule has 4 N–H and O–H groups in total. The monoisotopic (exact) mass is 443 g/mol. The number of fused-ring (bicyclic) bond motifs is 1. The van der Waals surface area contributed by atoms with E-state index in [0.29, 0.717) is 31.4 Å². The Morgan fingerprint density at radius 3 is 2.57 bits per heavy atom. The predicted molar refractivity (Wildman–Crippen MR) is 118 cm³/mol. The van der Waals surface area contributed by atoms with Gasteiger partial charge in [-0.05, 0) is 18.3 Å². The quantitative estimate of drug-likeness (QED) is 0.256. The molecule has 0 aromatic carbocycles. The number of thioether (sulfide) groups is 1. The van der Waals surface area contributed by atoms with Crippen molar-refractivity contribution in [3.8, 4) is 0 Å². The number of nitrogens with one attached hydrogen (secondary N) is 3. The fourth-order valence-corrected chi connectivity index (χ4v) is 5.36. The molecule has 2 fully saturated rings. The summed E-state index contributed by atoms with van der Waals surface area (Å²) in [6, 6.07) is 0.402. The number of hydrogen-bond acceptors (Lipinski definition) is 5. The summed E-state index contributed by atoms with van der Waals surface area (Å²) in [4.78, 5) is 34.5. The molecule has 0 aromatic heterocycles. The van der Waals surface area contributed by atoms with Gasteiger partial charge in [0.25, 0.3) is 0 Å². The third-order valence-electron chi connectivity index (χ3n) is 5.46. The van der Waals surface area contributed by atoms with Gasteiger partial charge in [-0.25, -0.2) is 4.79 Å². The van der Waals surface area contributed by atoms with Crippen LogP contribution in [0.1, 0.15) is 59.8 Å². The second-order valence-corrected chi connectivity index (χ2v) is 11.3. The minimum Gasteiger partial charge on any atom is -0.481 e. The summed E-state index contributed by atoms with van der Waals surface area (Å²) in [5.74, 6) is 0.173. The second-order valence-electron chi connectivity index (χ2n) is 10.0. The topological polar surface area (TPSA) is 117 Å². The van der Waals surface area contributed by atoms with Crippen LogP contribution in [0.15, 0.2) is 0 Å². The van der Waals surface area contributed by atoms with Gasteiger partial charge in [0.2, 0.25) is 5.91 Å². The van der Waals surface area contributed by atoms with Gasteiger partial charge in [-0.15, -0.1) is 0 Å². The first-order valence-corrected chi connectivity index (χ1v) is 11.8. The minimum absolute atomic E-state index is 0.0436. The average Bonchev–Trinajstić information content (AvgIpc) is 3.15. The number of carboxylic acids is 1. The summed E-state index contributed by atoms with van der Waals surface area (Å²) in [6.45, 7) is 9.13. The van der Waals surface area contributed by atoms with Crippen LogP contribution in [0.3, 0.4) is 0 Å². The fraction of sp³-hybridized carbons (Fsp3) is 0.857. The molecular formula is C21H37N3O5S. The third-order valence-corrected chi connectivity index (χ3v) is 6.97. The molecule has 2 saturated heterocycles. The molecule has 30 heavy (non-hydrogen) atoms. The van der Waals surface area contributed by atoms with Crippen molar-refractivity contribution in [1.82, 2.24) is 16.0 Å². The largest absolute Gasteiger partial charge is 0.481 e. The van der Waals surface area contributed by atoms with Gasteiger partial charge < -0.3 is 25.8 Å². The molecule has 2 rings (SSSR count). The molecule has 0 spiro atoms. The zero-order valence-electron chi connectivity index (χ0n) is 18.6. The lowest BCUT2D eigenvalue weighted by Gasteiger charge is -2.28. The van der Waals surface area contributed by atoms with Crippen LogP contribution in [0.5, 0.6) is 0 Å². The first-order valence-electron chi connectivity index (χ1n) is 10.7. The average molecular weight is 444 g/mol. The van der Waals surface area contributed by atoms with Crippen molar-refractivity contribution in [1.29, 1.82) is 0 Å². The van der Waals surface area contributed by atoms with Crippen LogP contribution in [-0.2, 0) is 14.3 Å². The normalized spacial score (nSPS) is 23.6. The number of aliphatic carboxylic acids is 1.